The normalized spacial score (nSPS) is 12.8. The Morgan fingerprint density at radius 1 is 1.50 bits per heavy atom. The van der Waals surface area contributed by atoms with Crippen LogP contribution in [-0.2, 0) is 6.54 Å². The van der Waals surface area contributed by atoms with Crippen molar-refractivity contribution in [1.82, 2.24) is 5.32 Å². The summed E-state index contributed by atoms with van der Waals surface area (Å²) in [5.41, 5.74) is 0.928. The second-order valence-electron chi connectivity index (χ2n) is 4.00. The molecule has 0 aliphatic carbocycles. The number of benzene rings is 1. The zero-order valence-corrected chi connectivity index (χ0v) is 10.9. The fraction of sp³-hybridized carbons (Fsp3) is 0.500. The van der Waals surface area contributed by atoms with Gasteiger partial charge >= 0.3 is 0 Å². The van der Waals surface area contributed by atoms with Crippen molar-refractivity contribution >= 4 is 15.9 Å². The number of hydrogen-bond donors (Lipinski definition) is 2. The van der Waals surface area contributed by atoms with Crippen LogP contribution in [0.4, 0.5) is 4.39 Å². The van der Waals surface area contributed by atoms with Gasteiger partial charge in [0.05, 0.1) is 4.47 Å². The summed E-state index contributed by atoms with van der Waals surface area (Å²) in [7, 11) is 0. The molecule has 90 valence electrons. The molecule has 2 nitrogen and oxygen atoms in total. The van der Waals surface area contributed by atoms with E-state index in [0.29, 0.717) is 16.9 Å². The quantitative estimate of drug-likeness (QED) is 0.844. The summed E-state index contributed by atoms with van der Waals surface area (Å²) in [4.78, 5) is 0. The van der Waals surface area contributed by atoms with Gasteiger partial charge in [-0.2, -0.15) is 0 Å². The van der Waals surface area contributed by atoms with Gasteiger partial charge in [0.1, 0.15) is 5.82 Å². The van der Waals surface area contributed by atoms with Gasteiger partial charge in [-0.3, -0.25) is 0 Å². The maximum atomic E-state index is 13.2. The van der Waals surface area contributed by atoms with Crippen LogP contribution in [0.3, 0.4) is 0 Å². The van der Waals surface area contributed by atoms with E-state index < -0.39 is 0 Å². The van der Waals surface area contributed by atoms with Crippen LogP contribution in [0.25, 0.3) is 0 Å². The third kappa shape index (κ3) is 4.60. The van der Waals surface area contributed by atoms with Gasteiger partial charge in [0.15, 0.2) is 0 Å². The molecule has 0 saturated carbocycles. The molecule has 16 heavy (non-hydrogen) atoms. The lowest BCUT2D eigenvalue weighted by Gasteiger charge is -2.11. The number of nitrogens with one attached hydrogen (secondary N) is 1. The van der Waals surface area contributed by atoms with E-state index >= 15 is 0 Å². The van der Waals surface area contributed by atoms with Crippen molar-refractivity contribution in [3.05, 3.63) is 34.1 Å². The smallest absolute Gasteiger partial charge is 0.137 e. The summed E-state index contributed by atoms with van der Waals surface area (Å²) in [6.45, 7) is 3.78. The van der Waals surface area contributed by atoms with Gasteiger partial charge in [-0.25, -0.2) is 4.39 Å². The Bertz CT molecular complexity index is 333. The average Bonchev–Trinajstić information content (AvgIpc) is 2.24. The second kappa shape index (κ2) is 6.99. The van der Waals surface area contributed by atoms with Crippen molar-refractivity contribution < 1.29 is 9.50 Å². The first-order valence-corrected chi connectivity index (χ1v) is 6.18. The van der Waals surface area contributed by atoms with Crippen LogP contribution in [0.2, 0.25) is 0 Å². The summed E-state index contributed by atoms with van der Waals surface area (Å²) < 4.78 is 13.7. The minimum Gasteiger partial charge on any atom is -0.396 e. The van der Waals surface area contributed by atoms with E-state index in [-0.39, 0.29) is 12.4 Å². The molecule has 4 heteroatoms. The summed E-state index contributed by atoms with van der Waals surface area (Å²) in [6, 6.07) is 5.12. The number of aliphatic hydroxyl groups excluding tert-OH is 1. The van der Waals surface area contributed by atoms with Gasteiger partial charge in [0.25, 0.3) is 0 Å². The van der Waals surface area contributed by atoms with E-state index in [1.807, 2.05) is 6.07 Å². The minimum atomic E-state index is -0.234. The highest BCUT2D eigenvalue weighted by Crippen LogP contribution is 2.16. The Labute approximate surface area is 104 Å². The highest BCUT2D eigenvalue weighted by Gasteiger charge is 2.02. The second-order valence-corrected chi connectivity index (χ2v) is 4.85. The lowest BCUT2D eigenvalue weighted by molar-refractivity contribution is 0.260. The van der Waals surface area contributed by atoms with Crippen LogP contribution in [0.1, 0.15) is 18.9 Å². The zero-order valence-electron chi connectivity index (χ0n) is 9.34. The van der Waals surface area contributed by atoms with Crippen LogP contribution >= 0.6 is 15.9 Å². The standard InChI is InChI=1S/C12H17BrFNO/c1-9(4-5-16)7-15-8-10-2-3-11(13)12(14)6-10/h2-3,6,9,15-16H,4-5,7-8H2,1H3. The maximum Gasteiger partial charge on any atom is 0.137 e. The minimum absolute atomic E-state index is 0.218. The van der Waals surface area contributed by atoms with Crippen molar-refractivity contribution in [2.24, 2.45) is 5.92 Å². The fourth-order valence-corrected chi connectivity index (χ4v) is 1.68. The molecule has 0 bridgehead atoms. The molecule has 2 N–H and O–H groups in total. The molecule has 0 spiro atoms. The monoisotopic (exact) mass is 289 g/mol. The molecule has 0 heterocycles. The van der Waals surface area contributed by atoms with Gasteiger partial charge in [-0.1, -0.05) is 13.0 Å². The topological polar surface area (TPSA) is 32.3 Å². The van der Waals surface area contributed by atoms with Crippen LogP contribution in [0.15, 0.2) is 22.7 Å². The Hall–Kier alpha value is -0.450. The first-order chi connectivity index (χ1) is 7.63. The Morgan fingerprint density at radius 3 is 2.88 bits per heavy atom. The Kier molecular flexibility index (Phi) is 5.95. The third-order valence-electron chi connectivity index (χ3n) is 2.43. The van der Waals surface area contributed by atoms with Crippen molar-refractivity contribution in [2.75, 3.05) is 13.2 Å². The predicted octanol–water partition coefficient (Wildman–Crippen LogP) is 2.70. The highest BCUT2D eigenvalue weighted by molar-refractivity contribution is 9.10. The average molecular weight is 290 g/mol. The molecule has 1 unspecified atom stereocenters. The SMILES string of the molecule is CC(CCO)CNCc1ccc(Br)c(F)c1. The lowest BCUT2D eigenvalue weighted by Crippen LogP contribution is -2.21. The first kappa shape index (κ1) is 13.6. The summed E-state index contributed by atoms with van der Waals surface area (Å²) in [5, 5.41) is 12.0. The van der Waals surface area contributed by atoms with E-state index in [0.717, 1.165) is 18.5 Å². The largest absolute Gasteiger partial charge is 0.396 e. The first-order valence-electron chi connectivity index (χ1n) is 5.39. The molecule has 0 fully saturated rings. The van der Waals surface area contributed by atoms with Gasteiger partial charge in [0, 0.05) is 13.2 Å². The summed E-state index contributed by atoms with van der Waals surface area (Å²) in [5.74, 6) is 0.202. The molecule has 0 aliphatic rings. The van der Waals surface area contributed by atoms with E-state index in [9.17, 15) is 4.39 Å². The van der Waals surface area contributed by atoms with Crippen LogP contribution in [0.5, 0.6) is 0 Å². The van der Waals surface area contributed by atoms with Crippen molar-refractivity contribution in [3.63, 3.8) is 0 Å². The molecule has 1 rings (SSSR count). The fourth-order valence-electron chi connectivity index (χ4n) is 1.43. The van der Waals surface area contributed by atoms with Gasteiger partial charge < -0.3 is 10.4 Å². The molecular formula is C12H17BrFNO. The van der Waals surface area contributed by atoms with Crippen LogP contribution in [-0.4, -0.2) is 18.3 Å². The molecule has 0 saturated heterocycles. The van der Waals surface area contributed by atoms with Crippen molar-refractivity contribution in [3.8, 4) is 0 Å². The van der Waals surface area contributed by atoms with Crippen molar-refractivity contribution in [2.45, 2.75) is 19.9 Å². The summed E-state index contributed by atoms with van der Waals surface area (Å²) >= 11 is 3.12. The number of hydrogen-bond acceptors (Lipinski definition) is 2. The molecule has 1 aromatic rings. The van der Waals surface area contributed by atoms with Crippen molar-refractivity contribution in [1.29, 1.82) is 0 Å². The Morgan fingerprint density at radius 2 is 2.25 bits per heavy atom. The van der Waals surface area contributed by atoms with E-state index in [1.165, 1.54) is 6.07 Å². The van der Waals surface area contributed by atoms with E-state index in [1.54, 1.807) is 6.07 Å². The van der Waals surface area contributed by atoms with Crippen LogP contribution in [0, 0.1) is 11.7 Å². The molecule has 0 aliphatic heterocycles. The number of rotatable bonds is 6. The lowest BCUT2D eigenvalue weighted by atomic mass is 10.1. The van der Waals surface area contributed by atoms with Gasteiger partial charge in [0.2, 0.25) is 0 Å². The molecule has 1 aromatic carbocycles. The van der Waals surface area contributed by atoms with Gasteiger partial charge in [-0.15, -0.1) is 0 Å². The Balaban J connectivity index is 2.34. The highest BCUT2D eigenvalue weighted by atomic mass is 79.9. The number of aliphatic hydroxyl groups is 1. The molecule has 0 aromatic heterocycles. The molecule has 0 amide bonds. The van der Waals surface area contributed by atoms with Crippen LogP contribution < -0.4 is 5.32 Å². The molecule has 0 radical (unpaired) electrons. The predicted molar refractivity (Wildman–Crippen MR) is 66.7 cm³/mol. The van der Waals surface area contributed by atoms with E-state index in [2.05, 4.69) is 28.2 Å². The summed E-state index contributed by atoms with van der Waals surface area (Å²) in [6.07, 6.45) is 0.793. The maximum absolute atomic E-state index is 13.2. The third-order valence-corrected chi connectivity index (χ3v) is 3.07. The van der Waals surface area contributed by atoms with Gasteiger partial charge in [-0.05, 0) is 52.5 Å². The molecular weight excluding hydrogens is 273 g/mol. The zero-order chi connectivity index (χ0) is 12.0. The van der Waals surface area contributed by atoms with E-state index in [4.69, 9.17) is 5.11 Å². The molecule has 1 atom stereocenters. The number of halogens is 2.